The van der Waals surface area contributed by atoms with Gasteiger partial charge >= 0.3 is 0 Å². The van der Waals surface area contributed by atoms with E-state index in [0.717, 1.165) is 13.0 Å². The van der Waals surface area contributed by atoms with Crippen LogP contribution in [0.25, 0.3) is 0 Å². The van der Waals surface area contributed by atoms with Gasteiger partial charge in [0, 0.05) is 12.1 Å². The third kappa shape index (κ3) is 3.95. The van der Waals surface area contributed by atoms with Gasteiger partial charge in [-0.25, -0.2) is 0 Å². The number of rotatable bonds is 4. The molecule has 1 fully saturated rings. The fourth-order valence-corrected chi connectivity index (χ4v) is 2.54. The monoisotopic (exact) mass is 283 g/mol. The van der Waals surface area contributed by atoms with Crippen LogP contribution in [0.1, 0.15) is 48.0 Å². The van der Waals surface area contributed by atoms with Gasteiger partial charge in [0.2, 0.25) is 11.8 Å². The van der Waals surface area contributed by atoms with Gasteiger partial charge in [-0.15, -0.1) is 0 Å². The smallest absolute Gasteiger partial charge is 0.242 e. The van der Waals surface area contributed by atoms with E-state index in [9.17, 15) is 9.59 Å². The van der Waals surface area contributed by atoms with Crippen molar-refractivity contribution in [2.24, 2.45) is 11.3 Å². The molecule has 1 rings (SSSR count). The maximum atomic E-state index is 12.6. The van der Waals surface area contributed by atoms with Crippen molar-refractivity contribution >= 4 is 11.8 Å². The Morgan fingerprint density at radius 3 is 2.20 bits per heavy atom. The Labute approximate surface area is 122 Å². The molecule has 1 saturated heterocycles. The Hall–Kier alpha value is -1.10. The molecule has 0 aromatic rings. The Kier molecular flexibility index (Phi) is 5.19. The Morgan fingerprint density at radius 2 is 1.80 bits per heavy atom. The second-order valence-corrected chi connectivity index (χ2v) is 7.17. The van der Waals surface area contributed by atoms with E-state index in [1.807, 2.05) is 20.8 Å². The van der Waals surface area contributed by atoms with Crippen molar-refractivity contribution in [3.8, 4) is 0 Å². The van der Waals surface area contributed by atoms with E-state index in [-0.39, 0.29) is 23.3 Å². The highest BCUT2D eigenvalue weighted by Gasteiger charge is 2.44. The maximum absolute atomic E-state index is 12.6. The van der Waals surface area contributed by atoms with E-state index >= 15 is 0 Å². The van der Waals surface area contributed by atoms with Crippen LogP contribution < -0.4 is 16.0 Å². The van der Waals surface area contributed by atoms with Crippen LogP contribution >= 0.6 is 0 Å². The number of amides is 2. The van der Waals surface area contributed by atoms with E-state index in [1.54, 1.807) is 6.92 Å². The molecule has 0 aromatic carbocycles. The molecule has 5 nitrogen and oxygen atoms in total. The highest BCUT2D eigenvalue weighted by Crippen LogP contribution is 2.34. The van der Waals surface area contributed by atoms with Gasteiger partial charge < -0.3 is 16.0 Å². The van der Waals surface area contributed by atoms with Crippen molar-refractivity contribution in [2.75, 3.05) is 13.1 Å². The third-order valence-electron chi connectivity index (χ3n) is 3.98. The summed E-state index contributed by atoms with van der Waals surface area (Å²) in [6, 6.07) is -0.516. The van der Waals surface area contributed by atoms with Crippen LogP contribution in [0, 0.1) is 11.3 Å². The predicted octanol–water partition coefficient (Wildman–Crippen LogP) is 1.04. The van der Waals surface area contributed by atoms with Gasteiger partial charge in [0.1, 0.15) is 6.04 Å². The van der Waals surface area contributed by atoms with Crippen molar-refractivity contribution in [1.82, 2.24) is 16.0 Å². The third-order valence-corrected chi connectivity index (χ3v) is 3.98. The minimum Gasteiger partial charge on any atom is -0.350 e. The summed E-state index contributed by atoms with van der Waals surface area (Å²) in [5.41, 5.74) is -0.684. The maximum Gasteiger partial charge on any atom is 0.242 e. The van der Waals surface area contributed by atoms with Gasteiger partial charge in [-0.1, -0.05) is 13.8 Å². The van der Waals surface area contributed by atoms with Gasteiger partial charge in [-0.3, -0.25) is 9.59 Å². The van der Waals surface area contributed by atoms with Gasteiger partial charge in [0.15, 0.2) is 0 Å². The molecule has 0 saturated carbocycles. The zero-order chi connectivity index (χ0) is 15.6. The molecule has 1 aliphatic heterocycles. The number of carbonyl (C=O) groups excluding carboxylic acids is 2. The number of carbonyl (C=O) groups is 2. The van der Waals surface area contributed by atoms with E-state index in [4.69, 9.17) is 0 Å². The SMILES string of the molecule is CC(NC(=O)C1(C(C)C)CCNC1)C(=O)NC(C)(C)C. The van der Waals surface area contributed by atoms with Crippen LogP contribution in [0.4, 0.5) is 0 Å². The fourth-order valence-electron chi connectivity index (χ4n) is 2.54. The molecule has 2 atom stereocenters. The second-order valence-electron chi connectivity index (χ2n) is 7.17. The number of hydrogen-bond donors (Lipinski definition) is 3. The average Bonchev–Trinajstić information content (AvgIpc) is 2.76. The van der Waals surface area contributed by atoms with Gasteiger partial charge in [0.05, 0.1) is 5.41 Å². The Balaban J connectivity index is 2.67. The summed E-state index contributed by atoms with van der Waals surface area (Å²) >= 11 is 0. The fraction of sp³-hybridized carbons (Fsp3) is 0.867. The zero-order valence-corrected chi connectivity index (χ0v) is 13.6. The molecule has 1 heterocycles. The van der Waals surface area contributed by atoms with E-state index in [0.29, 0.717) is 6.54 Å². The molecule has 0 bridgehead atoms. The average molecular weight is 283 g/mol. The lowest BCUT2D eigenvalue weighted by Gasteiger charge is -2.32. The molecular formula is C15H29N3O2. The molecule has 5 heteroatoms. The lowest BCUT2D eigenvalue weighted by Crippen LogP contribution is -2.55. The van der Waals surface area contributed by atoms with Gasteiger partial charge in [0.25, 0.3) is 0 Å². The molecule has 116 valence electrons. The molecule has 0 aromatic heterocycles. The summed E-state index contributed by atoms with van der Waals surface area (Å²) in [6.45, 7) is 13.2. The lowest BCUT2D eigenvalue weighted by molar-refractivity contribution is -0.136. The molecule has 20 heavy (non-hydrogen) atoms. The van der Waals surface area contributed by atoms with Crippen LogP contribution in [-0.4, -0.2) is 36.5 Å². The molecule has 0 aliphatic carbocycles. The zero-order valence-electron chi connectivity index (χ0n) is 13.6. The minimum atomic E-state index is -0.516. The van der Waals surface area contributed by atoms with Crippen molar-refractivity contribution < 1.29 is 9.59 Å². The molecular weight excluding hydrogens is 254 g/mol. The van der Waals surface area contributed by atoms with Crippen molar-refractivity contribution in [2.45, 2.75) is 59.5 Å². The number of hydrogen-bond acceptors (Lipinski definition) is 3. The Morgan fingerprint density at radius 1 is 1.20 bits per heavy atom. The molecule has 0 radical (unpaired) electrons. The first-order chi connectivity index (χ1) is 9.08. The van der Waals surface area contributed by atoms with E-state index < -0.39 is 11.5 Å². The highest BCUT2D eigenvalue weighted by molar-refractivity contribution is 5.90. The predicted molar refractivity (Wildman–Crippen MR) is 80.3 cm³/mol. The first-order valence-electron chi connectivity index (χ1n) is 7.42. The molecule has 2 unspecified atom stereocenters. The topological polar surface area (TPSA) is 70.2 Å². The Bertz CT molecular complexity index is 366. The van der Waals surface area contributed by atoms with Gasteiger partial charge in [-0.2, -0.15) is 0 Å². The number of nitrogens with one attached hydrogen (secondary N) is 3. The molecule has 2 amide bonds. The first-order valence-corrected chi connectivity index (χ1v) is 7.42. The summed E-state index contributed by atoms with van der Waals surface area (Å²) in [5.74, 6) is 0.0835. The van der Waals surface area contributed by atoms with Crippen LogP contribution in [0.3, 0.4) is 0 Å². The summed E-state index contributed by atoms with van der Waals surface area (Å²) in [5, 5.41) is 9.02. The summed E-state index contributed by atoms with van der Waals surface area (Å²) < 4.78 is 0. The minimum absolute atomic E-state index is 0.0194. The summed E-state index contributed by atoms with van der Waals surface area (Å²) in [4.78, 5) is 24.6. The highest BCUT2D eigenvalue weighted by atomic mass is 16.2. The van der Waals surface area contributed by atoms with Crippen molar-refractivity contribution in [1.29, 1.82) is 0 Å². The standard InChI is InChI=1S/C15H29N3O2/c1-10(2)15(7-8-16-9-15)13(20)17-11(3)12(19)18-14(4,5)6/h10-11,16H,7-9H2,1-6H3,(H,17,20)(H,18,19). The van der Waals surface area contributed by atoms with E-state index in [2.05, 4.69) is 29.8 Å². The van der Waals surface area contributed by atoms with Crippen LogP contribution in [0.2, 0.25) is 0 Å². The van der Waals surface area contributed by atoms with Crippen LogP contribution in [-0.2, 0) is 9.59 Å². The lowest BCUT2D eigenvalue weighted by atomic mass is 9.75. The second kappa shape index (κ2) is 6.12. The molecule has 0 spiro atoms. The van der Waals surface area contributed by atoms with E-state index in [1.165, 1.54) is 0 Å². The van der Waals surface area contributed by atoms with Crippen LogP contribution in [0.15, 0.2) is 0 Å². The normalized spacial score (nSPS) is 24.6. The largest absolute Gasteiger partial charge is 0.350 e. The summed E-state index contributed by atoms with van der Waals surface area (Å²) in [6.07, 6.45) is 0.824. The van der Waals surface area contributed by atoms with Gasteiger partial charge in [-0.05, 0) is 46.6 Å². The quantitative estimate of drug-likeness (QED) is 0.722. The van der Waals surface area contributed by atoms with Crippen LogP contribution in [0.5, 0.6) is 0 Å². The summed E-state index contributed by atoms with van der Waals surface area (Å²) in [7, 11) is 0. The van der Waals surface area contributed by atoms with Crippen molar-refractivity contribution in [3.63, 3.8) is 0 Å². The molecule has 3 N–H and O–H groups in total. The molecule has 1 aliphatic rings. The first kappa shape index (κ1) is 17.0. The van der Waals surface area contributed by atoms with Crippen molar-refractivity contribution in [3.05, 3.63) is 0 Å².